The zero-order valence-electron chi connectivity index (χ0n) is 10.4. The molecule has 4 nitrogen and oxygen atoms in total. The molecule has 21 heavy (non-hydrogen) atoms. The van der Waals surface area contributed by atoms with E-state index >= 15 is 0 Å². The molecule has 0 aromatic carbocycles. The highest BCUT2D eigenvalue weighted by atomic mass is 19.4. The van der Waals surface area contributed by atoms with Crippen molar-refractivity contribution >= 4 is 11.9 Å². The van der Waals surface area contributed by atoms with Crippen LogP contribution in [0, 0.1) is 0 Å². The maximum atomic E-state index is 12.7. The lowest BCUT2D eigenvalue weighted by atomic mass is 10.2. The van der Waals surface area contributed by atoms with Crippen LogP contribution in [0.4, 0.5) is 30.7 Å². The number of hydrogen-bond acceptors (Lipinski definition) is 4. The first-order chi connectivity index (χ1) is 9.22. The molecule has 0 N–H and O–H groups in total. The molecular weight excluding hydrogens is 317 g/mol. The predicted octanol–water partition coefficient (Wildman–Crippen LogP) is 2.48. The molecule has 0 saturated heterocycles. The van der Waals surface area contributed by atoms with E-state index in [4.69, 9.17) is 0 Å². The van der Waals surface area contributed by atoms with E-state index < -0.39 is 43.2 Å². The van der Waals surface area contributed by atoms with E-state index in [0.717, 1.165) is 0 Å². The Morgan fingerprint density at radius 2 is 1.48 bits per heavy atom. The summed E-state index contributed by atoms with van der Waals surface area (Å²) >= 11 is 0. The third-order valence-corrected chi connectivity index (χ3v) is 1.90. The zero-order chi connectivity index (χ0) is 17.1. The molecule has 0 rings (SSSR count). The van der Waals surface area contributed by atoms with Crippen LogP contribution in [0.25, 0.3) is 0 Å². The molecule has 0 spiro atoms. The molecule has 122 valence electrons. The van der Waals surface area contributed by atoms with Crippen molar-refractivity contribution in [2.75, 3.05) is 13.2 Å². The zero-order valence-corrected chi connectivity index (χ0v) is 10.4. The summed E-state index contributed by atoms with van der Waals surface area (Å²) in [5, 5.41) is 0. The molecule has 0 fully saturated rings. The van der Waals surface area contributed by atoms with Crippen LogP contribution in [0.3, 0.4) is 0 Å². The van der Waals surface area contributed by atoms with E-state index in [9.17, 15) is 40.3 Å². The maximum absolute atomic E-state index is 12.7. The third kappa shape index (κ3) is 4.90. The summed E-state index contributed by atoms with van der Waals surface area (Å²) in [4.78, 5) is 21.6. The van der Waals surface area contributed by atoms with Crippen LogP contribution in [-0.4, -0.2) is 43.2 Å². The van der Waals surface area contributed by atoms with Crippen molar-refractivity contribution in [1.82, 2.24) is 0 Å². The fraction of sp³-hybridized carbons (Fsp3) is 0.600. The van der Waals surface area contributed by atoms with Gasteiger partial charge in [0.05, 0.1) is 0 Å². The van der Waals surface area contributed by atoms with Gasteiger partial charge in [0.1, 0.15) is 0 Å². The minimum Gasteiger partial charge on any atom is -0.456 e. The molecule has 0 radical (unpaired) electrons. The smallest absolute Gasteiger partial charge is 0.456 e. The van der Waals surface area contributed by atoms with Gasteiger partial charge in [-0.2, -0.15) is 30.7 Å². The molecule has 0 amide bonds. The normalized spacial score (nSPS) is 12.8. The first kappa shape index (κ1) is 19.2. The van der Waals surface area contributed by atoms with Crippen molar-refractivity contribution in [1.29, 1.82) is 0 Å². The Labute approximate surface area is 113 Å². The fourth-order valence-corrected chi connectivity index (χ4v) is 0.758. The molecule has 0 aromatic rings. The van der Waals surface area contributed by atoms with Gasteiger partial charge in [0.15, 0.2) is 13.2 Å². The molecule has 0 saturated carbocycles. The van der Waals surface area contributed by atoms with Gasteiger partial charge in [0, 0.05) is 5.57 Å². The largest absolute Gasteiger partial charge is 0.460 e. The van der Waals surface area contributed by atoms with E-state index in [-0.39, 0.29) is 5.57 Å². The Morgan fingerprint density at radius 3 is 1.86 bits per heavy atom. The monoisotopic (exact) mass is 326 g/mol. The molecule has 11 heteroatoms. The summed E-state index contributed by atoms with van der Waals surface area (Å²) in [6.45, 7) is 0.531. The molecule has 0 heterocycles. The van der Waals surface area contributed by atoms with Gasteiger partial charge in [-0.3, -0.25) is 0 Å². The lowest BCUT2D eigenvalue weighted by molar-refractivity contribution is -0.359. The molecular formula is C10H9F7O4. The van der Waals surface area contributed by atoms with Gasteiger partial charge < -0.3 is 9.47 Å². The minimum atomic E-state index is -6.52. The highest BCUT2D eigenvalue weighted by Gasteiger charge is 2.73. The number of alkyl halides is 7. The van der Waals surface area contributed by atoms with Crippen LogP contribution in [0.1, 0.15) is 6.92 Å². The van der Waals surface area contributed by atoms with Crippen molar-refractivity contribution in [3.8, 4) is 0 Å². The molecule has 0 aliphatic heterocycles. The van der Waals surface area contributed by atoms with Crippen molar-refractivity contribution in [3.05, 3.63) is 12.2 Å². The van der Waals surface area contributed by atoms with Crippen LogP contribution in [0.5, 0.6) is 0 Å². The standard InChI is InChI=1S/C10H9F7O4/c1-5(2)7(19)20-3-6(18)21-4-8(11,12)9(13,14)10(15,16)17/h1,3-4H2,2H3. The lowest BCUT2D eigenvalue weighted by Crippen LogP contribution is -2.54. The molecule has 0 unspecified atom stereocenters. The SMILES string of the molecule is C=C(C)C(=O)OCC(=O)OCC(F)(F)C(F)(F)C(F)(F)F. The van der Waals surface area contributed by atoms with Crippen molar-refractivity contribution in [2.24, 2.45) is 0 Å². The van der Waals surface area contributed by atoms with E-state index in [2.05, 4.69) is 16.1 Å². The van der Waals surface area contributed by atoms with Crippen molar-refractivity contribution in [3.63, 3.8) is 0 Å². The molecule has 0 atom stereocenters. The molecule has 0 aliphatic rings. The Hall–Kier alpha value is -1.81. The summed E-state index contributed by atoms with van der Waals surface area (Å²) in [5.74, 6) is -14.9. The minimum absolute atomic E-state index is 0.156. The van der Waals surface area contributed by atoms with Crippen LogP contribution in [0.2, 0.25) is 0 Å². The average Bonchev–Trinajstić information content (AvgIpc) is 2.31. The summed E-state index contributed by atoms with van der Waals surface area (Å²) in [6.07, 6.45) is -6.52. The lowest BCUT2D eigenvalue weighted by Gasteiger charge is -2.27. The van der Waals surface area contributed by atoms with Crippen molar-refractivity contribution < 1.29 is 49.8 Å². The van der Waals surface area contributed by atoms with E-state index in [1.807, 2.05) is 0 Å². The Kier molecular flexibility index (Phi) is 5.76. The maximum Gasteiger partial charge on any atom is 0.460 e. The van der Waals surface area contributed by atoms with Gasteiger partial charge in [0.2, 0.25) is 0 Å². The first-order valence-electron chi connectivity index (χ1n) is 5.03. The highest BCUT2D eigenvalue weighted by molar-refractivity contribution is 5.88. The fourth-order valence-electron chi connectivity index (χ4n) is 0.758. The summed E-state index contributed by atoms with van der Waals surface area (Å²) < 4.78 is 93.2. The van der Waals surface area contributed by atoms with E-state index in [1.165, 1.54) is 6.92 Å². The molecule has 0 aromatic heterocycles. The van der Waals surface area contributed by atoms with Crippen LogP contribution < -0.4 is 0 Å². The number of hydrogen-bond donors (Lipinski definition) is 0. The van der Waals surface area contributed by atoms with Crippen LogP contribution in [-0.2, 0) is 19.1 Å². The van der Waals surface area contributed by atoms with Crippen LogP contribution >= 0.6 is 0 Å². The number of carbonyl (C=O) groups is 2. The topological polar surface area (TPSA) is 52.6 Å². The van der Waals surface area contributed by atoms with Gasteiger partial charge in [-0.1, -0.05) is 6.58 Å². The quantitative estimate of drug-likeness (QED) is 0.427. The van der Waals surface area contributed by atoms with E-state index in [0.29, 0.717) is 0 Å². The molecule has 0 bridgehead atoms. The highest BCUT2D eigenvalue weighted by Crippen LogP contribution is 2.46. The van der Waals surface area contributed by atoms with E-state index in [1.54, 1.807) is 0 Å². The van der Waals surface area contributed by atoms with Gasteiger partial charge in [0.25, 0.3) is 0 Å². The second kappa shape index (κ2) is 6.31. The number of esters is 2. The Morgan fingerprint density at radius 1 is 1.00 bits per heavy atom. The summed E-state index contributed by atoms with van der Waals surface area (Å²) in [6, 6.07) is 0. The predicted molar refractivity (Wildman–Crippen MR) is 52.7 cm³/mol. The second-order valence-corrected chi connectivity index (χ2v) is 3.79. The molecule has 0 aliphatic carbocycles. The first-order valence-corrected chi connectivity index (χ1v) is 5.03. The van der Waals surface area contributed by atoms with Gasteiger partial charge >= 0.3 is 30.0 Å². The van der Waals surface area contributed by atoms with Crippen molar-refractivity contribution in [2.45, 2.75) is 24.9 Å². The van der Waals surface area contributed by atoms with Gasteiger partial charge in [-0.05, 0) is 6.92 Å². The summed E-state index contributed by atoms with van der Waals surface area (Å²) in [5.41, 5.74) is -0.156. The number of ether oxygens (including phenoxy) is 2. The Balaban J connectivity index is 4.54. The summed E-state index contributed by atoms with van der Waals surface area (Å²) in [7, 11) is 0. The third-order valence-electron chi connectivity index (χ3n) is 1.90. The second-order valence-electron chi connectivity index (χ2n) is 3.79. The van der Waals surface area contributed by atoms with Crippen LogP contribution in [0.15, 0.2) is 12.2 Å². The van der Waals surface area contributed by atoms with Gasteiger partial charge in [-0.15, -0.1) is 0 Å². The Bertz CT molecular complexity index is 428. The number of rotatable bonds is 6. The van der Waals surface area contributed by atoms with Gasteiger partial charge in [-0.25, -0.2) is 9.59 Å². The average molecular weight is 326 g/mol. The number of halogens is 7. The number of carbonyl (C=O) groups excluding carboxylic acids is 2.